The van der Waals surface area contributed by atoms with Gasteiger partial charge >= 0.3 is 0 Å². The molecule has 0 aliphatic carbocycles. The monoisotopic (exact) mass is 279 g/mol. The average Bonchev–Trinajstić information content (AvgIpc) is 3.04. The van der Waals surface area contributed by atoms with E-state index >= 15 is 0 Å². The first-order valence-electron chi connectivity index (χ1n) is 6.65. The topological polar surface area (TPSA) is 45.4 Å². The van der Waals surface area contributed by atoms with Crippen LogP contribution in [0.25, 0.3) is 0 Å². The van der Waals surface area contributed by atoms with Crippen LogP contribution in [-0.2, 0) is 0 Å². The van der Waals surface area contributed by atoms with E-state index < -0.39 is 6.10 Å². The highest BCUT2D eigenvalue weighted by atomic mass is 32.1. The second-order valence-electron chi connectivity index (χ2n) is 5.14. The smallest absolute Gasteiger partial charge is 0.133 e. The van der Waals surface area contributed by atoms with Crippen LogP contribution in [0.3, 0.4) is 0 Å². The quantitative estimate of drug-likeness (QED) is 0.811. The van der Waals surface area contributed by atoms with Gasteiger partial charge in [0.2, 0.25) is 0 Å². The summed E-state index contributed by atoms with van der Waals surface area (Å²) in [5, 5.41) is 15.6. The molecule has 4 heteroatoms. The van der Waals surface area contributed by atoms with E-state index in [4.69, 9.17) is 4.42 Å². The molecular weight excluding hydrogens is 258 g/mol. The van der Waals surface area contributed by atoms with Crippen LogP contribution in [-0.4, -0.2) is 11.7 Å². The molecule has 0 aliphatic heterocycles. The number of thiophene rings is 1. The van der Waals surface area contributed by atoms with Gasteiger partial charge in [-0.2, -0.15) is 0 Å². The third kappa shape index (κ3) is 4.20. The van der Waals surface area contributed by atoms with Crippen molar-refractivity contribution in [2.24, 2.45) is 5.92 Å². The molecule has 0 bridgehead atoms. The lowest BCUT2D eigenvalue weighted by atomic mass is 10.0. The van der Waals surface area contributed by atoms with Crippen molar-refractivity contribution >= 4 is 11.3 Å². The lowest BCUT2D eigenvalue weighted by Crippen LogP contribution is -2.27. The standard InChI is InChI=1S/C15H21NO2S/c1-11(2)9-12(15-6-4-8-19-15)16-10-13(17)14-5-3-7-18-14/h3-8,11-13,16-17H,9-10H2,1-2H3. The zero-order valence-electron chi connectivity index (χ0n) is 11.4. The van der Waals surface area contributed by atoms with Crippen LogP contribution < -0.4 is 5.32 Å². The van der Waals surface area contributed by atoms with E-state index in [0.717, 1.165) is 6.42 Å². The predicted molar refractivity (Wildman–Crippen MR) is 78.2 cm³/mol. The highest BCUT2D eigenvalue weighted by Gasteiger charge is 2.17. The van der Waals surface area contributed by atoms with Crippen molar-refractivity contribution in [1.82, 2.24) is 5.32 Å². The molecular formula is C15H21NO2S. The summed E-state index contributed by atoms with van der Waals surface area (Å²) < 4.78 is 5.21. The van der Waals surface area contributed by atoms with E-state index in [9.17, 15) is 5.11 Å². The van der Waals surface area contributed by atoms with Crippen LogP contribution in [0, 0.1) is 5.92 Å². The van der Waals surface area contributed by atoms with E-state index in [0.29, 0.717) is 24.3 Å². The number of hydrogen-bond acceptors (Lipinski definition) is 4. The number of hydrogen-bond donors (Lipinski definition) is 2. The summed E-state index contributed by atoms with van der Waals surface area (Å²) >= 11 is 1.75. The average molecular weight is 279 g/mol. The van der Waals surface area contributed by atoms with Crippen molar-refractivity contribution in [3.8, 4) is 0 Å². The zero-order chi connectivity index (χ0) is 13.7. The van der Waals surface area contributed by atoms with Gasteiger partial charge in [-0.15, -0.1) is 11.3 Å². The van der Waals surface area contributed by atoms with E-state index in [1.54, 1.807) is 29.7 Å². The van der Waals surface area contributed by atoms with Gasteiger partial charge < -0.3 is 14.8 Å². The lowest BCUT2D eigenvalue weighted by molar-refractivity contribution is 0.142. The van der Waals surface area contributed by atoms with Gasteiger partial charge in [-0.3, -0.25) is 0 Å². The third-order valence-corrected chi connectivity index (χ3v) is 4.01. The fraction of sp³-hybridized carbons (Fsp3) is 0.467. The first-order chi connectivity index (χ1) is 9.16. The molecule has 0 saturated carbocycles. The first kappa shape index (κ1) is 14.3. The molecule has 104 valence electrons. The Labute approximate surface area is 118 Å². The molecule has 3 nitrogen and oxygen atoms in total. The van der Waals surface area contributed by atoms with Crippen LogP contribution in [0.1, 0.15) is 43.1 Å². The Balaban J connectivity index is 1.93. The minimum absolute atomic E-state index is 0.296. The number of rotatable bonds is 7. The maximum atomic E-state index is 10.0. The Bertz CT molecular complexity index is 450. The molecule has 0 radical (unpaired) electrons. The summed E-state index contributed by atoms with van der Waals surface area (Å²) in [7, 11) is 0. The van der Waals surface area contributed by atoms with E-state index in [1.807, 2.05) is 0 Å². The van der Waals surface area contributed by atoms with Gasteiger partial charge in [-0.25, -0.2) is 0 Å². The van der Waals surface area contributed by atoms with E-state index in [1.165, 1.54) is 4.88 Å². The van der Waals surface area contributed by atoms with Crippen LogP contribution in [0.2, 0.25) is 0 Å². The Hall–Kier alpha value is -1.10. The van der Waals surface area contributed by atoms with Gasteiger partial charge in [0.25, 0.3) is 0 Å². The number of aliphatic hydroxyl groups is 1. The second kappa shape index (κ2) is 6.89. The molecule has 0 spiro atoms. The summed E-state index contributed by atoms with van der Waals surface area (Å²) in [6, 6.07) is 8.10. The van der Waals surface area contributed by atoms with Crippen molar-refractivity contribution in [3.63, 3.8) is 0 Å². The van der Waals surface area contributed by atoms with Gasteiger partial charge in [0.1, 0.15) is 11.9 Å². The molecule has 2 rings (SSSR count). The summed E-state index contributed by atoms with van der Waals surface area (Å²) in [6.45, 7) is 4.93. The normalized spacial score (nSPS) is 14.7. The van der Waals surface area contributed by atoms with Crippen molar-refractivity contribution < 1.29 is 9.52 Å². The molecule has 0 fully saturated rings. The largest absolute Gasteiger partial charge is 0.467 e. The Morgan fingerprint density at radius 1 is 1.32 bits per heavy atom. The first-order valence-corrected chi connectivity index (χ1v) is 7.53. The molecule has 0 aliphatic rings. The van der Waals surface area contributed by atoms with Gasteiger partial charge in [-0.05, 0) is 35.9 Å². The van der Waals surface area contributed by atoms with Gasteiger partial charge in [0.15, 0.2) is 0 Å². The fourth-order valence-corrected chi connectivity index (χ4v) is 2.91. The SMILES string of the molecule is CC(C)CC(NCC(O)c1ccco1)c1cccs1. The van der Waals surface area contributed by atoms with Crippen LogP contribution in [0.15, 0.2) is 40.3 Å². The summed E-state index contributed by atoms with van der Waals surface area (Å²) in [5.41, 5.74) is 0. The molecule has 2 N–H and O–H groups in total. The van der Waals surface area contributed by atoms with E-state index in [-0.39, 0.29) is 0 Å². The maximum Gasteiger partial charge on any atom is 0.133 e. The zero-order valence-corrected chi connectivity index (χ0v) is 12.2. The molecule has 2 aromatic heterocycles. The molecule has 2 unspecified atom stereocenters. The van der Waals surface area contributed by atoms with Crippen LogP contribution in [0.4, 0.5) is 0 Å². The summed E-state index contributed by atoms with van der Waals surface area (Å²) in [5.74, 6) is 1.22. The minimum Gasteiger partial charge on any atom is -0.467 e. The Morgan fingerprint density at radius 2 is 2.16 bits per heavy atom. The van der Waals surface area contributed by atoms with Crippen molar-refractivity contribution in [3.05, 3.63) is 46.5 Å². The van der Waals surface area contributed by atoms with Crippen LogP contribution >= 0.6 is 11.3 Å². The maximum absolute atomic E-state index is 10.0. The van der Waals surface area contributed by atoms with E-state index in [2.05, 4.69) is 36.7 Å². The number of furan rings is 1. The summed E-state index contributed by atoms with van der Waals surface area (Å²) in [4.78, 5) is 1.32. The van der Waals surface area contributed by atoms with Crippen molar-refractivity contribution in [2.75, 3.05) is 6.54 Å². The highest BCUT2D eigenvalue weighted by Crippen LogP contribution is 2.26. The van der Waals surface area contributed by atoms with Gasteiger partial charge in [0, 0.05) is 17.5 Å². The Kier molecular flexibility index (Phi) is 5.19. The van der Waals surface area contributed by atoms with Gasteiger partial charge in [0.05, 0.1) is 6.26 Å². The molecule has 0 aromatic carbocycles. The minimum atomic E-state index is -0.593. The lowest BCUT2D eigenvalue weighted by Gasteiger charge is -2.21. The Morgan fingerprint density at radius 3 is 2.74 bits per heavy atom. The molecule has 0 amide bonds. The molecule has 2 heterocycles. The second-order valence-corrected chi connectivity index (χ2v) is 6.12. The third-order valence-electron chi connectivity index (χ3n) is 3.02. The van der Waals surface area contributed by atoms with Crippen molar-refractivity contribution in [2.45, 2.75) is 32.4 Å². The van der Waals surface area contributed by atoms with Crippen molar-refractivity contribution in [1.29, 1.82) is 0 Å². The highest BCUT2D eigenvalue weighted by molar-refractivity contribution is 7.10. The summed E-state index contributed by atoms with van der Waals surface area (Å²) in [6.07, 6.45) is 2.05. The number of nitrogens with one attached hydrogen (secondary N) is 1. The number of aliphatic hydroxyl groups excluding tert-OH is 1. The van der Waals surface area contributed by atoms with Crippen LogP contribution in [0.5, 0.6) is 0 Å². The molecule has 2 aromatic rings. The fourth-order valence-electron chi connectivity index (χ4n) is 2.10. The molecule has 19 heavy (non-hydrogen) atoms. The van der Waals surface area contributed by atoms with Gasteiger partial charge in [-0.1, -0.05) is 19.9 Å². The predicted octanol–water partition coefficient (Wildman–Crippen LogP) is 3.75. The molecule has 2 atom stereocenters. The molecule has 0 saturated heterocycles.